The Morgan fingerprint density at radius 1 is 1.56 bits per heavy atom. The molecule has 0 aliphatic heterocycles. The maximum atomic E-state index is 11.2. The lowest BCUT2D eigenvalue weighted by Gasteiger charge is -2.01. The van der Waals surface area contributed by atoms with Gasteiger partial charge in [0.2, 0.25) is 0 Å². The van der Waals surface area contributed by atoms with E-state index in [1.54, 1.807) is 0 Å². The van der Waals surface area contributed by atoms with Crippen LogP contribution in [-0.2, 0) is 6.42 Å². The highest BCUT2D eigenvalue weighted by Crippen LogP contribution is 2.33. The van der Waals surface area contributed by atoms with Gasteiger partial charge in [-0.3, -0.25) is 4.79 Å². The summed E-state index contributed by atoms with van der Waals surface area (Å²) in [6.45, 7) is 4.04. The molecule has 2 rings (SSSR count). The molecule has 2 aromatic heterocycles. The van der Waals surface area contributed by atoms with Crippen LogP contribution in [0.1, 0.15) is 27.9 Å². The fourth-order valence-electron chi connectivity index (χ4n) is 1.72. The highest BCUT2D eigenvalue weighted by Gasteiger charge is 2.15. The number of amides is 1. The average molecular weight is 235 g/mol. The number of carbonyl (C=O) groups is 1. The third-order valence-electron chi connectivity index (χ3n) is 2.58. The number of rotatable bonds is 2. The number of pyridine rings is 1. The van der Waals surface area contributed by atoms with Crippen molar-refractivity contribution in [2.75, 3.05) is 5.73 Å². The minimum absolute atomic E-state index is 0.398. The van der Waals surface area contributed by atoms with Crippen molar-refractivity contribution in [1.82, 2.24) is 4.98 Å². The molecule has 4 nitrogen and oxygen atoms in total. The van der Waals surface area contributed by atoms with Crippen molar-refractivity contribution in [2.24, 2.45) is 5.73 Å². The third-order valence-corrected chi connectivity index (χ3v) is 3.70. The minimum atomic E-state index is -0.490. The Hall–Kier alpha value is -1.62. The van der Waals surface area contributed by atoms with Crippen molar-refractivity contribution < 1.29 is 4.79 Å². The van der Waals surface area contributed by atoms with Crippen LogP contribution in [0.4, 0.5) is 5.69 Å². The van der Waals surface area contributed by atoms with Gasteiger partial charge in [0.1, 0.15) is 9.71 Å². The molecule has 84 valence electrons. The summed E-state index contributed by atoms with van der Waals surface area (Å²) in [7, 11) is 0. The number of nitrogens with two attached hydrogens (primary N) is 2. The van der Waals surface area contributed by atoms with Gasteiger partial charge in [-0.15, -0.1) is 11.3 Å². The van der Waals surface area contributed by atoms with Gasteiger partial charge in [0.05, 0.1) is 5.69 Å². The number of aromatic nitrogens is 1. The van der Waals surface area contributed by atoms with Crippen LogP contribution in [0.3, 0.4) is 0 Å². The van der Waals surface area contributed by atoms with E-state index in [0.29, 0.717) is 10.6 Å². The van der Waals surface area contributed by atoms with Crippen LogP contribution >= 0.6 is 11.3 Å². The minimum Gasteiger partial charge on any atom is -0.397 e. The van der Waals surface area contributed by atoms with Gasteiger partial charge in [0.25, 0.3) is 5.91 Å². The molecule has 5 heteroatoms. The Kier molecular flexibility index (Phi) is 2.55. The Morgan fingerprint density at radius 2 is 2.25 bits per heavy atom. The second-order valence-electron chi connectivity index (χ2n) is 3.67. The predicted molar refractivity (Wildman–Crippen MR) is 66.7 cm³/mol. The van der Waals surface area contributed by atoms with Gasteiger partial charge in [0.15, 0.2) is 0 Å². The number of hydrogen-bond donors (Lipinski definition) is 2. The van der Waals surface area contributed by atoms with Crippen molar-refractivity contribution in [3.8, 4) is 0 Å². The molecule has 0 bridgehead atoms. The fourth-order valence-corrected chi connectivity index (χ4v) is 2.67. The van der Waals surface area contributed by atoms with Gasteiger partial charge in [-0.1, -0.05) is 6.92 Å². The summed E-state index contributed by atoms with van der Waals surface area (Å²) in [5.74, 6) is -0.490. The van der Waals surface area contributed by atoms with Crippen molar-refractivity contribution in [2.45, 2.75) is 20.3 Å². The summed E-state index contributed by atoms with van der Waals surface area (Å²) in [6.07, 6.45) is 0.867. The highest BCUT2D eigenvalue weighted by molar-refractivity contribution is 7.21. The van der Waals surface area contributed by atoms with Crippen molar-refractivity contribution in [3.63, 3.8) is 0 Å². The predicted octanol–water partition coefficient (Wildman–Crippen LogP) is 1.85. The zero-order valence-electron chi connectivity index (χ0n) is 9.20. The number of hydrogen-bond acceptors (Lipinski definition) is 4. The Morgan fingerprint density at radius 3 is 2.81 bits per heavy atom. The first-order chi connectivity index (χ1) is 7.54. The monoisotopic (exact) mass is 235 g/mol. The summed E-state index contributed by atoms with van der Waals surface area (Å²) in [5, 5.41) is 0.827. The zero-order valence-corrected chi connectivity index (χ0v) is 10.0. The van der Waals surface area contributed by atoms with E-state index in [-0.39, 0.29) is 0 Å². The summed E-state index contributed by atoms with van der Waals surface area (Å²) >= 11 is 1.26. The molecular weight excluding hydrogens is 222 g/mol. The van der Waals surface area contributed by atoms with Gasteiger partial charge < -0.3 is 11.5 Å². The summed E-state index contributed by atoms with van der Waals surface area (Å²) < 4.78 is 0. The molecule has 1 amide bonds. The summed E-state index contributed by atoms with van der Waals surface area (Å²) in [4.78, 5) is 16.8. The zero-order chi connectivity index (χ0) is 11.9. The second-order valence-corrected chi connectivity index (χ2v) is 4.67. The van der Waals surface area contributed by atoms with Gasteiger partial charge in [0, 0.05) is 11.1 Å². The molecule has 0 aliphatic rings. The van der Waals surface area contributed by atoms with Crippen LogP contribution in [0.15, 0.2) is 6.07 Å². The quantitative estimate of drug-likeness (QED) is 0.833. The van der Waals surface area contributed by atoms with Crippen molar-refractivity contribution in [1.29, 1.82) is 0 Å². The lowest BCUT2D eigenvalue weighted by atomic mass is 10.1. The molecule has 0 saturated heterocycles. The van der Waals surface area contributed by atoms with Gasteiger partial charge >= 0.3 is 0 Å². The first-order valence-electron chi connectivity index (χ1n) is 5.02. The van der Waals surface area contributed by atoms with Crippen molar-refractivity contribution in [3.05, 3.63) is 22.2 Å². The topological polar surface area (TPSA) is 82.0 Å². The standard InChI is InChI=1S/C11H13N3OS/c1-3-7-5(2)4-6-8(12)9(10(13)15)16-11(6)14-7/h4H,3,12H2,1-2H3,(H2,13,15). The summed E-state index contributed by atoms with van der Waals surface area (Å²) in [5.41, 5.74) is 13.7. The van der Waals surface area contributed by atoms with E-state index in [0.717, 1.165) is 27.9 Å². The molecule has 0 spiro atoms. The first kappa shape index (κ1) is 10.9. The molecular formula is C11H13N3OS. The van der Waals surface area contributed by atoms with Crippen molar-refractivity contribution >= 4 is 33.1 Å². The number of nitrogens with zero attached hydrogens (tertiary/aromatic N) is 1. The van der Waals surface area contributed by atoms with E-state index < -0.39 is 5.91 Å². The first-order valence-corrected chi connectivity index (χ1v) is 5.84. The molecule has 0 aromatic carbocycles. The Balaban J connectivity index is 2.77. The van der Waals surface area contributed by atoms with E-state index in [1.807, 2.05) is 19.9 Å². The molecule has 2 aromatic rings. The molecule has 0 saturated carbocycles. The normalized spacial score (nSPS) is 10.9. The number of carbonyl (C=O) groups excluding carboxylic acids is 1. The molecule has 16 heavy (non-hydrogen) atoms. The smallest absolute Gasteiger partial charge is 0.260 e. The lowest BCUT2D eigenvalue weighted by Crippen LogP contribution is -2.10. The fraction of sp³-hybridized carbons (Fsp3) is 0.273. The Labute approximate surface area is 97.3 Å². The largest absolute Gasteiger partial charge is 0.397 e. The van der Waals surface area contributed by atoms with Crippen LogP contribution in [0.2, 0.25) is 0 Å². The van der Waals surface area contributed by atoms with Crippen LogP contribution in [0, 0.1) is 6.92 Å². The van der Waals surface area contributed by atoms with E-state index in [1.165, 1.54) is 11.3 Å². The van der Waals surface area contributed by atoms with E-state index in [4.69, 9.17) is 11.5 Å². The Bertz CT molecular complexity index is 574. The van der Waals surface area contributed by atoms with Crippen LogP contribution in [0.5, 0.6) is 0 Å². The van der Waals surface area contributed by atoms with Gasteiger partial charge in [-0.25, -0.2) is 4.98 Å². The number of thiophene rings is 1. The highest BCUT2D eigenvalue weighted by atomic mass is 32.1. The maximum Gasteiger partial charge on any atom is 0.260 e. The van der Waals surface area contributed by atoms with Crippen LogP contribution in [-0.4, -0.2) is 10.9 Å². The van der Waals surface area contributed by atoms with Gasteiger partial charge in [-0.2, -0.15) is 0 Å². The van der Waals surface area contributed by atoms with Crippen LogP contribution in [0.25, 0.3) is 10.2 Å². The molecule has 0 radical (unpaired) electrons. The van der Waals surface area contributed by atoms with Gasteiger partial charge in [-0.05, 0) is 25.0 Å². The lowest BCUT2D eigenvalue weighted by molar-refractivity contribution is 0.100. The van der Waals surface area contributed by atoms with Crippen LogP contribution < -0.4 is 11.5 Å². The third kappa shape index (κ3) is 1.53. The molecule has 0 aliphatic carbocycles. The average Bonchev–Trinajstić information content (AvgIpc) is 2.55. The number of nitrogen functional groups attached to an aromatic ring is 1. The van der Waals surface area contributed by atoms with E-state index >= 15 is 0 Å². The molecule has 0 unspecified atom stereocenters. The second kappa shape index (κ2) is 3.75. The number of fused-ring (bicyclic) bond motifs is 1. The molecule has 4 N–H and O–H groups in total. The maximum absolute atomic E-state index is 11.2. The number of primary amides is 1. The molecule has 0 fully saturated rings. The molecule has 0 atom stereocenters. The van der Waals surface area contributed by atoms with E-state index in [2.05, 4.69) is 4.98 Å². The number of anilines is 1. The number of aryl methyl sites for hydroxylation is 2. The molecule has 2 heterocycles. The summed E-state index contributed by atoms with van der Waals surface area (Å²) in [6, 6.07) is 1.97. The SMILES string of the molecule is CCc1nc2sc(C(N)=O)c(N)c2cc1C. The van der Waals surface area contributed by atoms with E-state index in [9.17, 15) is 4.79 Å².